The van der Waals surface area contributed by atoms with Crippen molar-refractivity contribution >= 4 is 21.6 Å². The summed E-state index contributed by atoms with van der Waals surface area (Å²) in [6, 6.07) is 5.07. The van der Waals surface area contributed by atoms with Crippen molar-refractivity contribution in [2.75, 3.05) is 0 Å². The molecule has 0 amide bonds. The predicted octanol–water partition coefficient (Wildman–Crippen LogP) is 2.25. The first-order valence-corrected chi connectivity index (χ1v) is 4.98. The summed E-state index contributed by atoms with van der Waals surface area (Å²) in [6.45, 7) is 1.87. The van der Waals surface area contributed by atoms with Crippen molar-refractivity contribution in [2.45, 2.75) is 19.4 Å². The van der Waals surface area contributed by atoms with E-state index in [4.69, 9.17) is 5.73 Å². The number of nitrogens with zero attached hydrogens (tertiary/aromatic N) is 1. The van der Waals surface area contributed by atoms with Gasteiger partial charge in [-0.05, 0) is 40.9 Å². The smallest absolute Gasteiger partial charge is 0.283 e. The summed E-state index contributed by atoms with van der Waals surface area (Å²) in [7, 11) is 0. The Balaban J connectivity index is 3.00. The largest absolute Gasteiger partial charge is 0.328 e. The molecule has 2 N–H and O–H groups in total. The van der Waals surface area contributed by atoms with Gasteiger partial charge in [0.1, 0.15) is 0 Å². The molecule has 0 bridgehead atoms. The predicted molar refractivity (Wildman–Crippen MR) is 58.1 cm³/mol. The molecular weight excluding hydrogens is 248 g/mol. The van der Waals surface area contributed by atoms with Crippen molar-refractivity contribution in [3.63, 3.8) is 0 Å². The van der Waals surface area contributed by atoms with Crippen LogP contribution >= 0.6 is 15.9 Å². The molecule has 5 heteroatoms. The molecule has 0 saturated carbocycles. The third kappa shape index (κ3) is 2.78. The fourth-order valence-corrected chi connectivity index (χ4v) is 1.59. The lowest BCUT2D eigenvalue weighted by molar-refractivity contribution is -0.385. The van der Waals surface area contributed by atoms with Crippen molar-refractivity contribution in [3.05, 3.63) is 38.3 Å². The second-order valence-electron chi connectivity index (χ2n) is 3.22. The Morgan fingerprint density at radius 2 is 2.29 bits per heavy atom. The molecule has 0 heterocycles. The standard InChI is InChI=1S/C9H11BrN2O2/c1-6(11)4-7-2-3-8(10)9(5-7)12(13)14/h2-3,5-6H,4,11H2,1H3. The first-order valence-electron chi connectivity index (χ1n) is 4.19. The van der Waals surface area contributed by atoms with E-state index in [9.17, 15) is 10.1 Å². The molecule has 0 aliphatic rings. The molecule has 0 radical (unpaired) electrons. The van der Waals surface area contributed by atoms with Gasteiger partial charge in [0.05, 0.1) is 9.40 Å². The molecule has 0 fully saturated rings. The highest BCUT2D eigenvalue weighted by Gasteiger charge is 2.12. The van der Waals surface area contributed by atoms with Gasteiger partial charge in [-0.2, -0.15) is 0 Å². The van der Waals surface area contributed by atoms with Crippen molar-refractivity contribution < 1.29 is 4.92 Å². The third-order valence-electron chi connectivity index (χ3n) is 1.76. The second-order valence-corrected chi connectivity index (χ2v) is 4.08. The van der Waals surface area contributed by atoms with E-state index in [0.29, 0.717) is 10.9 Å². The SMILES string of the molecule is CC(N)Cc1ccc(Br)c([N+](=O)[O-])c1. The minimum Gasteiger partial charge on any atom is -0.328 e. The molecule has 14 heavy (non-hydrogen) atoms. The Labute approximate surface area is 90.4 Å². The number of halogens is 1. The van der Waals surface area contributed by atoms with Crippen LogP contribution in [0, 0.1) is 10.1 Å². The summed E-state index contributed by atoms with van der Waals surface area (Å²) in [5.41, 5.74) is 6.58. The molecule has 1 aromatic carbocycles. The highest BCUT2D eigenvalue weighted by atomic mass is 79.9. The number of benzene rings is 1. The van der Waals surface area contributed by atoms with E-state index in [0.717, 1.165) is 5.56 Å². The molecule has 76 valence electrons. The monoisotopic (exact) mass is 258 g/mol. The molecule has 0 saturated heterocycles. The summed E-state index contributed by atoms with van der Waals surface area (Å²) in [5.74, 6) is 0. The van der Waals surface area contributed by atoms with E-state index in [2.05, 4.69) is 15.9 Å². The molecule has 0 aliphatic heterocycles. The lowest BCUT2D eigenvalue weighted by Crippen LogP contribution is -2.17. The Hall–Kier alpha value is -0.940. The van der Waals surface area contributed by atoms with E-state index in [1.807, 2.05) is 13.0 Å². The fourth-order valence-electron chi connectivity index (χ4n) is 1.20. The van der Waals surface area contributed by atoms with Crippen LogP contribution in [-0.4, -0.2) is 11.0 Å². The van der Waals surface area contributed by atoms with Gasteiger partial charge < -0.3 is 5.73 Å². The highest BCUT2D eigenvalue weighted by Crippen LogP contribution is 2.25. The third-order valence-corrected chi connectivity index (χ3v) is 2.44. The van der Waals surface area contributed by atoms with Gasteiger partial charge in [-0.25, -0.2) is 0 Å². The molecule has 4 nitrogen and oxygen atoms in total. The van der Waals surface area contributed by atoms with Crippen LogP contribution in [0.5, 0.6) is 0 Å². The molecule has 1 atom stereocenters. The van der Waals surface area contributed by atoms with Crippen LogP contribution in [0.2, 0.25) is 0 Å². The van der Waals surface area contributed by atoms with E-state index >= 15 is 0 Å². The van der Waals surface area contributed by atoms with Gasteiger partial charge in [0, 0.05) is 12.1 Å². The number of nitro groups is 1. The normalized spacial score (nSPS) is 12.5. The van der Waals surface area contributed by atoms with Crippen molar-refractivity contribution in [2.24, 2.45) is 5.73 Å². The zero-order chi connectivity index (χ0) is 10.7. The molecule has 0 aromatic heterocycles. The number of hydrogen-bond donors (Lipinski definition) is 1. The van der Waals surface area contributed by atoms with Crippen molar-refractivity contribution in [1.29, 1.82) is 0 Å². The minimum atomic E-state index is -0.408. The maximum absolute atomic E-state index is 10.6. The van der Waals surface area contributed by atoms with E-state index in [1.165, 1.54) is 0 Å². The number of nitro benzene ring substituents is 1. The van der Waals surface area contributed by atoms with Crippen LogP contribution in [0.1, 0.15) is 12.5 Å². The summed E-state index contributed by atoms with van der Waals surface area (Å²) >= 11 is 3.12. The average molecular weight is 259 g/mol. The van der Waals surface area contributed by atoms with Crippen LogP contribution in [0.4, 0.5) is 5.69 Å². The Bertz CT molecular complexity index is 353. The summed E-state index contributed by atoms with van der Waals surface area (Å²) in [5, 5.41) is 10.6. The minimum absolute atomic E-state index is 0.00998. The Kier molecular flexibility index (Phi) is 3.60. The summed E-state index contributed by atoms with van der Waals surface area (Å²) in [6.07, 6.45) is 0.647. The first-order chi connectivity index (χ1) is 6.50. The molecular formula is C9H11BrN2O2. The van der Waals surface area contributed by atoms with E-state index < -0.39 is 4.92 Å². The van der Waals surface area contributed by atoms with Gasteiger partial charge in [0.15, 0.2) is 0 Å². The Morgan fingerprint density at radius 1 is 1.64 bits per heavy atom. The van der Waals surface area contributed by atoms with Crippen LogP contribution in [0.25, 0.3) is 0 Å². The van der Waals surface area contributed by atoms with E-state index in [-0.39, 0.29) is 11.7 Å². The van der Waals surface area contributed by atoms with Gasteiger partial charge in [-0.1, -0.05) is 6.07 Å². The summed E-state index contributed by atoms with van der Waals surface area (Å²) < 4.78 is 0.496. The molecule has 0 spiro atoms. The van der Waals surface area contributed by atoms with Crippen molar-refractivity contribution in [1.82, 2.24) is 0 Å². The van der Waals surface area contributed by atoms with Crippen LogP contribution in [0.3, 0.4) is 0 Å². The zero-order valence-corrected chi connectivity index (χ0v) is 9.32. The molecule has 1 rings (SSSR count). The average Bonchev–Trinajstić information content (AvgIpc) is 2.07. The summed E-state index contributed by atoms with van der Waals surface area (Å²) in [4.78, 5) is 10.2. The fraction of sp³-hybridized carbons (Fsp3) is 0.333. The first kappa shape index (κ1) is 11.1. The van der Waals surface area contributed by atoms with Gasteiger partial charge in [0.2, 0.25) is 0 Å². The lowest BCUT2D eigenvalue weighted by atomic mass is 10.1. The van der Waals surface area contributed by atoms with Gasteiger partial charge in [-0.3, -0.25) is 10.1 Å². The van der Waals surface area contributed by atoms with Gasteiger partial charge >= 0.3 is 0 Å². The number of nitrogens with two attached hydrogens (primary N) is 1. The molecule has 1 aromatic rings. The maximum Gasteiger partial charge on any atom is 0.283 e. The topological polar surface area (TPSA) is 69.2 Å². The van der Waals surface area contributed by atoms with Crippen LogP contribution in [0.15, 0.2) is 22.7 Å². The highest BCUT2D eigenvalue weighted by molar-refractivity contribution is 9.10. The van der Waals surface area contributed by atoms with Crippen LogP contribution in [-0.2, 0) is 6.42 Å². The maximum atomic E-state index is 10.6. The van der Waals surface area contributed by atoms with Crippen LogP contribution < -0.4 is 5.73 Å². The lowest BCUT2D eigenvalue weighted by Gasteiger charge is -2.05. The molecule has 0 aliphatic carbocycles. The molecule has 1 unspecified atom stereocenters. The van der Waals surface area contributed by atoms with Crippen molar-refractivity contribution in [3.8, 4) is 0 Å². The second kappa shape index (κ2) is 4.52. The van der Waals surface area contributed by atoms with E-state index in [1.54, 1.807) is 12.1 Å². The quantitative estimate of drug-likeness (QED) is 0.668. The number of hydrogen-bond acceptors (Lipinski definition) is 3. The van der Waals surface area contributed by atoms with Gasteiger partial charge in [-0.15, -0.1) is 0 Å². The number of rotatable bonds is 3. The Morgan fingerprint density at radius 3 is 2.79 bits per heavy atom. The van der Waals surface area contributed by atoms with Gasteiger partial charge in [0.25, 0.3) is 5.69 Å². The zero-order valence-electron chi connectivity index (χ0n) is 7.74.